The van der Waals surface area contributed by atoms with Crippen LogP contribution in [0, 0.1) is 12.7 Å². The van der Waals surface area contributed by atoms with E-state index in [1.165, 1.54) is 12.1 Å². The van der Waals surface area contributed by atoms with Gasteiger partial charge >= 0.3 is 5.63 Å². The minimum atomic E-state index is -0.260. The number of fused-ring (bicyclic) bond motifs is 4. The smallest absolute Gasteiger partial charge is 0.339 e. The van der Waals surface area contributed by atoms with Crippen molar-refractivity contribution in [1.82, 2.24) is 0 Å². The minimum Gasteiger partial charge on any atom is -0.472 e. The molecular weight excluding hydrogens is 345 g/mol. The monoisotopic (exact) mass is 365 g/mol. The van der Waals surface area contributed by atoms with Crippen LogP contribution in [-0.2, 0) is 19.4 Å². The van der Waals surface area contributed by atoms with E-state index in [0.29, 0.717) is 18.9 Å². The molecule has 138 valence electrons. The molecule has 0 radical (unpaired) electrons. The highest BCUT2D eigenvalue weighted by Crippen LogP contribution is 2.38. The summed E-state index contributed by atoms with van der Waals surface area (Å²) < 4.78 is 25.3. The Balaban J connectivity index is 1.65. The molecule has 0 unspecified atom stereocenters. The molecule has 2 aliphatic rings. The van der Waals surface area contributed by atoms with Crippen LogP contribution in [0.1, 0.15) is 35.1 Å². The second kappa shape index (κ2) is 6.12. The molecule has 2 aromatic carbocycles. The SMILES string of the molecule is Cc1c2c(cc3c4c(c(=O)oc13)CCCC4)CN(c1cccc(F)c1)CO2. The van der Waals surface area contributed by atoms with Crippen molar-refractivity contribution in [2.75, 3.05) is 11.6 Å². The third kappa shape index (κ3) is 2.60. The summed E-state index contributed by atoms with van der Waals surface area (Å²) in [6.45, 7) is 2.90. The first-order valence-corrected chi connectivity index (χ1v) is 9.36. The van der Waals surface area contributed by atoms with Crippen molar-refractivity contribution in [3.05, 3.63) is 68.8 Å². The summed E-state index contributed by atoms with van der Waals surface area (Å²) in [6, 6.07) is 8.64. The van der Waals surface area contributed by atoms with Gasteiger partial charge in [0, 0.05) is 34.3 Å². The maximum Gasteiger partial charge on any atom is 0.339 e. The Bertz CT molecular complexity index is 1120. The van der Waals surface area contributed by atoms with Crippen molar-refractivity contribution in [3.8, 4) is 5.75 Å². The topological polar surface area (TPSA) is 42.7 Å². The number of rotatable bonds is 1. The van der Waals surface area contributed by atoms with E-state index in [9.17, 15) is 9.18 Å². The van der Waals surface area contributed by atoms with E-state index in [0.717, 1.165) is 64.8 Å². The Morgan fingerprint density at radius 1 is 1.11 bits per heavy atom. The molecule has 0 saturated carbocycles. The number of benzene rings is 2. The van der Waals surface area contributed by atoms with Gasteiger partial charge in [0.25, 0.3) is 0 Å². The van der Waals surface area contributed by atoms with E-state index in [1.54, 1.807) is 6.07 Å². The maximum atomic E-state index is 13.6. The highest BCUT2D eigenvalue weighted by Gasteiger charge is 2.25. The van der Waals surface area contributed by atoms with E-state index in [2.05, 4.69) is 6.07 Å². The average Bonchev–Trinajstić information content (AvgIpc) is 2.69. The minimum absolute atomic E-state index is 0.211. The van der Waals surface area contributed by atoms with Gasteiger partial charge < -0.3 is 14.1 Å². The third-order valence-electron chi connectivity index (χ3n) is 5.67. The van der Waals surface area contributed by atoms with Crippen molar-refractivity contribution >= 4 is 16.7 Å². The third-order valence-corrected chi connectivity index (χ3v) is 5.67. The van der Waals surface area contributed by atoms with Crippen LogP contribution >= 0.6 is 0 Å². The van der Waals surface area contributed by atoms with E-state index >= 15 is 0 Å². The van der Waals surface area contributed by atoms with Crippen LogP contribution in [0.15, 0.2) is 39.5 Å². The van der Waals surface area contributed by atoms with Crippen LogP contribution in [-0.4, -0.2) is 6.73 Å². The largest absolute Gasteiger partial charge is 0.472 e. The van der Waals surface area contributed by atoms with E-state index < -0.39 is 0 Å². The van der Waals surface area contributed by atoms with Crippen LogP contribution in [0.5, 0.6) is 5.75 Å². The fraction of sp³-hybridized carbons (Fsp3) is 0.318. The molecule has 0 amide bonds. The van der Waals surface area contributed by atoms with Gasteiger partial charge in [-0.2, -0.15) is 0 Å². The van der Waals surface area contributed by atoms with E-state index in [4.69, 9.17) is 9.15 Å². The van der Waals surface area contributed by atoms with Gasteiger partial charge in [-0.25, -0.2) is 9.18 Å². The van der Waals surface area contributed by atoms with E-state index in [1.807, 2.05) is 17.9 Å². The van der Waals surface area contributed by atoms with Crippen LogP contribution in [0.4, 0.5) is 10.1 Å². The van der Waals surface area contributed by atoms with Gasteiger partial charge in [-0.05, 0) is 62.4 Å². The Kier molecular flexibility index (Phi) is 3.71. The zero-order valence-electron chi connectivity index (χ0n) is 15.2. The highest BCUT2D eigenvalue weighted by molar-refractivity contribution is 5.87. The summed E-state index contributed by atoms with van der Waals surface area (Å²) in [5.74, 6) is 0.512. The van der Waals surface area contributed by atoms with Crippen molar-refractivity contribution in [2.45, 2.75) is 39.2 Å². The van der Waals surface area contributed by atoms with Crippen LogP contribution in [0.2, 0.25) is 0 Å². The lowest BCUT2D eigenvalue weighted by molar-refractivity contribution is 0.287. The standard InChI is InChI=1S/C22H20FNO3/c1-13-20-14(11-24(12-26-20)16-6-4-5-15(23)10-16)9-19-17-7-2-3-8-18(17)22(25)27-21(13)19/h4-6,9-10H,2-3,7-8,11-12H2,1H3. The van der Waals surface area contributed by atoms with Crippen molar-refractivity contribution in [1.29, 1.82) is 0 Å². The van der Waals surface area contributed by atoms with Crippen LogP contribution < -0.4 is 15.3 Å². The van der Waals surface area contributed by atoms with Gasteiger partial charge in [-0.1, -0.05) is 6.07 Å². The number of ether oxygens (including phenoxy) is 1. The molecule has 4 nitrogen and oxygen atoms in total. The fourth-order valence-electron chi connectivity index (χ4n) is 4.34. The lowest BCUT2D eigenvalue weighted by atomic mass is 9.89. The maximum absolute atomic E-state index is 13.6. The predicted molar refractivity (Wildman–Crippen MR) is 102 cm³/mol. The Labute approximate surface area is 156 Å². The van der Waals surface area contributed by atoms with Gasteiger partial charge in [0.05, 0.1) is 0 Å². The summed E-state index contributed by atoms with van der Waals surface area (Å²) in [5, 5.41) is 1.02. The molecule has 2 heterocycles. The van der Waals surface area contributed by atoms with Crippen molar-refractivity contribution in [2.24, 2.45) is 0 Å². The molecule has 1 aromatic heterocycles. The van der Waals surface area contributed by atoms with Gasteiger partial charge in [-0.3, -0.25) is 0 Å². The number of nitrogens with zero attached hydrogens (tertiary/aromatic N) is 1. The summed E-state index contributed by atoms with van der Waals surface area (Å²) in [4.78, 5) is 14.4. The highest BCUT2D eigenvalue weighted by atomic mass is 19.1. The molecule has 0 spiro atoms. The Hall–Kier alpha value is -2.82. The number of hydrogen-bond donors (Lipinski definition) is 0. The van der Waals surface area contributed by atoms with Crippen LogP contribution in [0.25, 0.3) is 11.0 Å². The van der Waals surface area contributed by atoms with Gasteiger partial charge in [-0.15, -0.1) is 0 Å². The van der Waals surface area contributed by atoms with Gasteiger partial charge in [0.15, 0.2) is 6.73 Å². The molecule has 0 bridgehead atoms. The second-order valence-electron chi connectivity index (χ2n) is 7.37. The lowest BCUT2D eigenvalue weighted by Crippen LogP contribution is -2.32. The quantitative estimate of drug-likeness (QED) is 0.597. The first-order valence-electron chi connectivity index (χ1n) is 9.36. The molecule has 1 aliphatic heterocycles. The first-order chi connectivity index (χ1) is 13.1. The molecule has 5 heteroatoms. The molecule has 27 heavy (non-hydrogen) atoms. The number of halogens is 1. The summed E-state index contributed by atoms with van der Waals surface area (Å²) in [7, 11) is 0. The molecule has 5 rings (SSSR count). The predicted octanol–water partition coefficient (Wildman–Crippen LogP) is 4.48. The number of aryl methyl sites for hydroxylation is 2. The normalized spacial score (nSPS) is 16.0. The number of anilines is 1. The molecule has 0 saturated heterocycles. The molecule has 1 aliphatic carbocycles. The second-order valence-corrected chi connectivity index (χ2v) is 7.37. The summed E-state index contributed by atoms with van der Waals surface area (Å²) in [6.07, 6.45) is 3.82. The zero-order valence-corrected chi connectivity index (χ0v) is 15.2. The molecular formula is C22H20FNO3. The zero-order chi connectivity index (χ0) is 18.5. The van der Waals surface area contributed by atoms with E-state index in [-0.39, 0.29) is 11.4 Å². The fourth-order valence-corrected chi connectivity index (χ4v) is 4.34. The lowest BCUT2D eigenvalue weighted by Gasteiger charge is -2.32. The summed E-state index contributed by atoms with van der Waals surface area (Å²) in [5.41, 5.74) is 5.08. The van der Waals surface area contributed by atoms with Gasteiger partial charge in [0.2, 0.25) is 0 Å². The molecule has 0 atom stereocenters. The number of hydrogen-bond acceptors (Lipinski definition) is 4. The Morgan fingerprint density at radius 3 is 2.74 bits per heavy atom. The van der Waals surface area contributed by atoms with Crippen LogP contribution in [0.3, 0.4) is 0 Å². The van der Waals surface area contributed by atoms with Crippen molar-refractivity contribution < 1.29 is 13.5 Å². The average molecular weight is 365 g/mol. The van der Waals surface area contributed by atoms with Gasteiger partial charge in [0.1, 0.15) is 17.1 Å². The molecule has 0 N–H and O–H groups in total. The first kappa shape index (κ1) is 16.4. The Morgan fingerprint density at radius 2 is 1.93 bits per heavy atom. The molecule has 3 aromatic rings. The summed E-state index contributed by atoms with van der Waals surface area (Å²) >= 11 is 0. The molecule has 0 fully saturated rings. The van der Waals surface area contributed by atoms with Crippen molar-refractivity contribution in [3.63, 3.8) is 0 Å².